The van der Waals surface area contributed by atoms with Crippen LogP contribution in [0.2, 0.25) is 0 Å². The predicted octanol–water partition coefficient (Wildman–Crippen LogP) is 4.29. The molecule has 0 aromatic heterocycles. The first-order chi connectivity index (χ1) is 13.8. The average molecular weight is 405 g/mol. The van der Waals surface area contributed by atoms with Gasteiger partial charge in [0.05, 0.1) is 13.0 Å². The molecule has 29 heavy (non-hydrogen) atoms. The van der Waals surface area contributed by atoms with Crippen LogP contribution in [0.4, 0.5) is 8.78 Å². The van der Waals surface area contributed by atoms with E-state index in [1.165, 1.54) is 5.48 Å². The van der Waals surface area contributed by atoms with Gasteiger partial charge in [0, 0.05) is 0 Å². The molecule has 7 heteroatoms. The molecule has 2 atom stereocenters. The van der Waals surface area contributed by atoms with Crippen LogP contribution in [0.15, 0.2) is 54.6 Å². The van der Waals surface area contributed by atoms with Crippen LogP contribution >= 0.6 is 0 Å². The van der Waals surface area contributed by atoms with Crippen molar-refractivity contribution in [3.63, 3.8) is 0 Å². The number of carbonyl (C=O) groups excluding carboxylic acids is 1. The zero-order valence-corrected chi connectivity index (χ0v) is 16.3. The summed E-state index contributed by atoms with van der Waals surface area (Å²) in [5.74, 6) is -1.69. The Kier molecular flexibility index (Phi) is 7.87. The molecule has 0 saturated heterocycles. The van der Waals surface area contributed by atoms with E-state index in [1.807, 2.05) is 54.6 Å². The lowest BCUT2D eigenvalue weighted by Crippen LogP contribution is -2.49. The zero-order chi connectivity index (χ0) is 21.4. The summed E-state index contributed by atoms with van der Waals surface area (Å²) in [4.78, 5) is 11.7. The minimum atomic E-state index is -3.11. The SMILES string of the molecule is COc1ccc(-c2ccc(/C=C/CCC(C(=O)NO)C(C)(O)C(F)F)cc2)cc1. The number of hydrogen-bond acceptors (Lipinski definition) is 4. The van der Waals surface area contributed by atoms with Crippen molar-refractivity contribution in [3.8, 4) is 16.9 Å². The number of amides is 1. The molecule has 0 bridgehead atoms. The Hall–Kier alpha value is -2.77. The smallest absolute Gasteiger partial charge is 0.267 e. The standard InChI is InChI=1S/C22H25F2NO4/c1-22(27,21(23)24)19(20(26)25-28)6-4-3-5-15-7-9-16(10-8-15)17-11-13-18(29-2)14-12-17/h3,5,7-14,19,21,27-28H,4,6H2,1-2H3,(H,25,26)/b5-3+. The number of alkyl halides is 2. The Morgan fingerprint density at radius 3 is 2.17 bits per heavy atom. The summed E-state index contributed by atoms with van der Waals surface area (Å²) >= 11 is 0. The van der Waals surface area contributed by atoms with Crippen molar-refractivity contribution >= 4 is 12.0 Å². The first-order valence-corrected chi connectivity index (χ1v) is 9.15. The number of hydrogen-bond donors (Lipinski definition) is 3. The van der Waals surface area contributed by atoms with E-state index in [9.17, 15) is 18.7 Å². The molecule has 0 saturated carbocycles. The minimum Gasteiger partial charge on any atom is -0.497 e. The highest BCUT2D eigenvalue weighted by atomic mass is 19.3. The predicted molar refractivity (Wildman–Crippen MR) is 107 cm³/mol. The van der Waals surface area contributed by atoms with E-state index < -0.39 is 23.9 Å². The second-order valence-corrected chi connectivity index (χ2v) is 6.89. The van der Waals surface area contributed by atoms with E-state index in [0.717, 1.165) is 29.4 Å². The highest BCUT2D eigenvalue weighted by molar-refractivity contribution is 5.78. The molecule has 0 aliphatic heterocycles. The number of ether oxygens (including phenoxy) is 1. The number of hydroxylamine groups is 1. The summed E-state index contributed by atoms with van der Waals surface area (Å²) < 4.78 is 31.2. The highest BCUT2D eigenvalue weighted by Gasteiger charge is 2.44. The van der Waals surface area contributed by atoms with Gasteiger partial charge in [-0.2, -0.15) is 0 Å². The molecule has 2 unspecified atom stereocenters. The molecule has 1 amide bonds. The summed E-state index contributed by atoms with van der Waals surface area (Å²) in [5, 5.41) is 18.6. The number of rotatable bonds is 9. The normalized spacial score (nSPS) is 14.6. The van der Waals surface area contributed by atoms with Gasteiger partial charge < -0.3 is 9.84 Å². The van der Waals surface area contributed by atoms with Crippen LogP contribution < -0.4 is 10.2 Å². The van der Waals surface area contributed by atoms with E-state index in [1.54, 1.807) is 13.2 Å². The van der Waals surface area contributed by atoms with Gasteiger partial charge in [-0.15, -0.1) is 0 Å². The molecular weight excluding hydrogens is 380 g/mol. The third-order valence-electron chi connectivity index (χ3n) is 4.84. The van der Waals surface area contributed by atoms with Crippen molar-refractivity contribution in [2.24, 2.45) is 5.92 Å². The molecule has 0 spiro atoms. The number of aliphatic hydroxyl groups is 1. The van der Waals surface area contributed by atoms with E-state index >= 15 is 0 Å². The van der Waals surface area contributed by atoms with Crippen molar-refractivity contribution < 1.29 is 28.6 Å². The third kappa shape index (κ3) is 5.85. The molecule has 0 fully saturated rings. The Balaban J connectivity index is 1.99. The quantitative estimate of drug-likeness (QED) is 0.430. The van der Waals surface area contributed by atoms with Crippen molar-refractivity contribution in [1.29, 1.82) is 0 Å². The van der Waals surface area contributed by atoms with Gasteiger partial charge in [-0.3, -0.25) is 10.0 Å². The summed E-state index contributed by atoms with van der Waals surface area (Å²) in [6.45, 7) is 0.888. The van der Waals surface area contributed by atoms with Crippen molar-refractivity contribution in [1.82, 2.24) is 5.48 Å². The van der Waals surface area contributed by atoms with Crippen LogP contribution in [0.25, 0.3) is 17.2 Å². The number of halogens is 2. The van der Waals surface area contributed by atoms with Crippen LogP contribution in [0.3, 0.4) is 0 Å². The molecule has 0 aliphatic rings. The maximum Gasteiger partial charge on any atom is 0.267 e. The maximum atomic E-state index is 13.0. The molecular formula is C22H25F2NO4. The molecule has 2 aromatic carbocycles. The second kappa shape index (κ2) is 10.1. The van der Waals surface area contributed by atoms with Crippen molar-refractivity contribution in [2.75, 3.05) is 7.11 Å². The van der Waals surface area contributed by atoms with E-state index in [2.05, 4.69) is 0 Å². The lowest BCUT2D eigenvalue weighted by atomic mass is 9.85. The first-order valence-electron chi connectivity index (χ1n) is 9.15. The monoisotopic (exact) mass is 405 g/mol. The lowest BCUT2D eigenvalue weighted by molar-refractivity contribution is -0.159. The largest absolute Gasteiger partial charge is 0.497 e. The average Bonchev–Trinajstić information content (AvgIpc) is 2.73. The number of benzene rings is 2. The Bertz CT molecular complexity index is 818. The molecule has 0 aliphatic carbocycles. The Labute approximate surface area is 168 Å². The molecule has 5 nitrogen and oxygen atoms in total. The fraction of sp³-hybridized carbons (Fsp3) is 0.318. The molecule has 3 N–H and O–H groups in total. The third-order valence-corrected chi connectivity index (χ3v) is 4.84. The van der Waals surface area contributed by atoms with Crippen molar-refractivity contribution in [2.45, 2.75) is 31.8 Å². The van der Waals surface area contributed by atoms with Crippen LogP contribution in [0.1, 0.15) is 25.3 Å². The second-order valence-electron chi connectivity index (χ2n) is 6.89. The maximum absolute atomic E-state index is 13.0. The first kappa shape index (κ1) is 22.5. The van der Waals surface area contributed by atoms with E-state index in [-0.39, 0.29) is 12.8 Å². The van der Waals surface area contributed by atoms with Gasteiger partial charge in [0.1, 0.15) is 11.4 Å². The summed E-state index contributed by atoms with van der Waals surface area (Å²) in [6, 6.07) is 15.5. The Morgan fingerprint density at radius 2 is 1.69 bits per heavy atom. The van der Waals surface area contributed by atoms with Gasteiger partial charge in [-0.1, -0.05) is 48.6 Å². The van der Waals surface area contributed by atoms with Gasteiger partial charge in [-0.05, 0) is 48.6 Å². The molecule has 2 aromatic rings. The minimum absolute atomic E-state index is 0.0375. The molecule has 156 valence electrons. The van der Waals surface area contributed by atoms with Gasteiger partial charge in [0.2, 0.25) is 5.91 Å². The van der Waals surface area contributed by atoms with Gasteiger partial charge >= 0.3 is 0 Å². The van der Waals surface area contributed by atoms with E-state index in [0.29, 0.717) is 0 Å². The van der Waals surface area contributed by atoms with Crippen LogP contribution in [0.5, 0.6) is 5.75 Å². The van der Waals surface area contributed by atoms with Gasteiger partial charge in [0.15, 0.2) is 0 Å². The van der Waals surface area contributed by atoms with Crippen molar-refractivity contribution in [3.05, 3.63) is 60.2 Å². The topological polar surface area (TPSA) is 78.8 Å². The lowest BCUT2D eigenvalue weighted by Gasteiger charge is -2.30. The summed E-state index contributed by atoms with van der Waals surface area (Å²) in [5.41, 5.74) is 1.82. The zero-order valence-electron chi connectivity index (χ0n) is 16.3. The summed E-state index contributed by atoms with van der Waals surface area (Å²) in [6.07, 6.45) is 0.676. The van der Waals surface area contributed by atoms with Gasteiger partial charge in [0.25, 0.3) is 6.43 Å². The van der Waals surface area contributed by atoms with Crippen LogP contribution in [-0.2, 0) is 4.79 Å². The molecule has 0 radical (unpaired) electrons. The molecule has 2 rings (SSSR count). The fourth-order valence-corrected chi connectivity index (χ4v) is 2.97. The van der Waals surface area contributed by atoms with Crippen LogP contribution in [0, 0.1) is 5.92 Å². The number of methoxy groups -OCH3 is 1. The molecule has 0 heterocycles. The number of nitrogens with one attached hydrogen (secondary N) is 1. The summed E-state index contributed by atoms with van der Waals surface area (Å²) in [7, 11) is 1.61. The van der Waals surface area contributed by atoms with E-state index in [4.69, 9.17) is 9.94 Å². The highest BCUT2D eigenvalue weighted by Crippen LogP contribution is 2.29. The van der Waals surface area contributed by atoms with Crippen LogP contribution in [-0.4, -0.2) is 35.4 Å². The van der Waals surface area contributed by atoms with Gasteiger partial charge in [-0.25, -0.2) is 14.3 Å². The Morgan fingerprint density at radius 1 is 1.14 bits per heavy atom. The number of allylic oxidation sites excluding steroid dienone is 1. The number of carbonyl (C=O) groups is 1. The fourth-order valence-electron chi connectivity index (χ4n) is 2.97.